The molecule has 0 atom stereocenters. The molecule has 5 nitrogen and oxygen atoms in total. The van der Waals surface area contributed by atoms with Gasteiger partial charge in [-0.05, 0) is 18.1 Å². The van der Waals surface area contributed by atoms with E-state index in [1.54, 1.807) is 18.2 Å². The zero-order valence-corrected chi connectivity index (χ0v) is 11.4. The molecule has 0 spiro atoms. The molecule has 0 aliphatic carbocycles. The smallest absolute Gasteiger partial charge is 0.261 e. The standard InChI is InChI=1S/C15H15NO4/c1-9(2)5-10-6-14(17)16(15(10)18)11-3-4-12-13(7-11)20-8-19-12/h3-5,7,9H,6,8H2,1-2H3. The van der Waals surface area contributed by atoms with Crippen LogP contribution in [0, 0.1) is 5.92 Å². The highest BCUT2D eigenvalue weighted by molar-refractivity contribution is 6.28. The van der Waals surface area contributed by atoms with E-state index in [1.165, 1.54) is 4.90 Å². The molecule has 0 saturated carbocycles. The van der Waals surface area contributed by atoms with Gasteiger partial charge >= 0.3 is 0 Å². The topological polar surface area (TPSA) is 55.8 Å². The predicted octanol–water partition coefficient (Wildman–Crippen LogP) is 2.26. The Kier molecular flexibility index (Phi) is 2.97. The summed E-state index contributed by atoms with van der Waals surface area (Å²) in [5.74, 6) is 0.969. The van der Waals surface area contributed by atoms with Crippen LogP contribution in [0.5, 0.6) is 11.5 Å². The zero-order valence-electron chi connectivity index (χ0n) is 11.4. The second-order valence-electron chi connectivity index (χ2n) is 5.18. The third-order valence-electron chi connectivity index (χ3n) is 3.22. The molecule has 0 bridgehead atoms. The van der Waals surface area contributed by atoms with Crippen molar-refractivity contribution in [2.45, 2.75) is 20.3 Å². The van der Waals surface area contributed by atoms with Gasteiger partial charge in [0.05, 0.1) is 12.1 Å². The molecule has 3 rings (SSSR count). The molecule has 5 heteroatoms. The molecule has 1 aromatic rings. The highest BCUT2D eigenvalue weighted by Crippen LogP contribution is 2.37. The van der Waals surface area contributed by atoms with Crippen molar-refractivity contribution in [1.29, 1.82) is 0 Å². The Bertz CT molecular complexity index is 618. The molecule has 0 aromatic heterocycles. The van der Waals surface area contributed by atoms with Gasteiger partial charge in [-0.1, -0.05) is 19.9 Å². The number of nitrogens with zero attached hydrogens (tertiary/aromatic N) is 1. The van der Waals surface area contributed by atoms with Crippen LogP contribution in [0.1, 0.15) is 20.3 Å². The summed E-state index contributed by atoms with van der Waals surface area (Å²) in [6.45, 7) is 4.13. The van der Waals surface area contributed by atoms with Crippen LogP contribution in [-0.4, -0.2) is 18.6 Å². The molecule has 104 valence electrons. The molecule has 1 fully saturated rings. The normalized spacial score (nSPS) is 19.6. The number of amides is 2. The fourth-order valence-electron chi connectivity index (χ4n) is 2.39. The molecular weight excluding hydrogens is 258 g/mol. The molecule has 1 aromatic carbocycles. The van der Waals surface area contributed by atoms with E-state index in [1.807, 2.05) is 19.9 Å². The predicted molar refractivity (Wildman–Crippen MR) is 72.6 cm³/mol. The van der Waals surface area contributed by atoms with Crippen LogP contribution < -0.4 is 14.4 Å². The van der Waals surface area contributed by atoms with Gasteiger partial charge < -0.3 is 9.47 Å². The summed E-state index contributed by atoms with van der Waals surface area (Å²) in [6.07, 6.45) is 2.00. The van der Waals surface area contributed by atoms with Gasteiger partial charge in [-0.3, -0.25) is 9.59 Å². The minimum Gasteiger partial charge on any atom is -0.454 e. The van der Waals surface area contributed by atoms with Gasteiger partial charge in [-0.25, -0.2) is 4.90 Å². The van der Waals surface area contributed by atoms with E-state index in [9.17, 15) is 9.59 Å². The lowest BCUT2D eigenvalue weighted by Crippen LogP contribution is -2.28. The minimum absolute atomic E-state index is 0.158. The van der Waals surface area contributed by atoms with Crippen LogP contribution in [0.3, 0.4) is 0 Å². The van der Waals surface area contributed by atoms with Crippen molar-refractivity contribution in [2.75, 3.05) is 11.7 Å². The summed E-state index contributed by atoms with van der Waals surface area (Å²) >= 11 is 0. The van der Waals surface area contributed by atoms with Crippen LogP contribution in [0.15, 0.2) is 29.8 Å². The number of carbonyl (C=O) groups excluding carboxylic acids is 2. The Morgan fingerprint density at radius 2 is 1.95 bits per heavy atom. The first kappa shape index (κ1) is 12.7. The summed E-state index contributed by atoms with van der Waals surface area (Å²) in [5, 5.41) is 0. The molecule has 2 aliphatic rings. The summed E-state index contributed by atoms with van der Waals surface area (Å²) in [6, 6.07) is 5.07. The number of anilines is 1. The fraction of sp³-hybridized carbons (Fsp3) is 0.333. The van der Waals surface area contributed by atoms with Crippen LogP contribution in [0.25, 0.3) is 0 Å². The first-order valence-electron chi connectivity index (χ1n) is 6.54. The number of allylic oxidation sites excluding steroid dienone is 1. The molecule has 0 N–H and O–H groups in total. The molecule has 0 unspecified atom stereocenters. The van der Waals surface area contributed by atoms with Gasteiger partial charge in [0.25, 0.3) is 5.91 Å². The Hall–Kier alpha value is -2.30. The molecule has 2 amide bonds. The highest BCUT2D eigenvalue weighted by atomic mass is 16.7. The number of hydrogen-bond donors (Lipinski definition) is 0. The molecule has 2 heterocycles. The average molecular weight is 273 g/mol. The van der Waals surface area contributed by atoms with Crippen molar-refractivity contribution in [3.63, 3.8) is 0 Å². The number of fused-ring (bicyclic) bond motifs is 1. The van der Waals surface area contributed by atoms with Gasteiger partial charge in [0, 0.05) is 11.6 Å². The molecular formula is C15H15NO4. The maximum absolute atomic E-state index is 12.3. The van der Waals surface area contributed by atoms with Gasteiger partial charge in [0.15, 0.2) is 11.5 Å². The number of hydrogen-bond acceptors (Lipinski definition) is 4. The average Bonchev–Trinajstić information content (AvgIpc) is 2.94. The lowest BCUT2D eigenvalue weighted by Gasteiger charge is -2.14. The quantitative estimate of drug-likeness (QED) is 0.612. The van der Waals surface area contributed by atoms with Gasteiger partial charge in [0.2, 0.25) is 12.7 Å². The zero-order chi connectivity index (χ0) is 14.3. The first-order chi connectivity index (χ1) is 9.56. The van der Waals surface area contributed by atoms with E-state index in [2.05, 4.69) is 0 Å². The van der Waals surface area contributed by atoms with Crippen molar-refractivity contribution in [3.05, 3.63) is 29.8 Å². The highest BCUT2D eigenvalue weighted by Gasteiger charge is 2.35. The van der Waals surface area contributed by atoms with Gasteiger partial charge in [-0.15, -0.1) is 0 Å². The summed E-state index contributed by atoms with van der Waals surface area (Å²) in [4.78, 5) is 25.6. The van der Waals surface area contributed by atoms with E-state index in [0.29, 0.717) is 22.8 Å². The molecule has 2 aliphatic heterocycles. The van der Waals surface area contributed by atoms with Gasteiger partial charge in [0.1, 0.15) is 0 Å². The Morgan fingerprint density at radius 1 is 1.20 bits per heavy atom. The van der Waals surface area contributed by atoms with E-state index >= 15 is 0 Å². The van der Waals surface area contributed by atoms with E-state index in [4.69, 9.17) is 9.47 Å². The fourth-order valence-corrected chi connectivity index (χ4v) is 2.39. The molecule has 20 heavy (non-hydrogen) atoms. The summed E-state index contributed by atoms with van der Waals surface area (Å²) in [7, 11) is 0. The van der Waals surface area contributed by atoms with Crippen LogP contribution >= 0.6 is 0 Å². The number of imide groups is 1. The van der Waals surface area contributed by atoms with Crippen molar-refractivity contribution >= 4 is 17.5 Å². The largest absolute Gasteiger partial charge is 0.454 e. The van der Waals surface area contributed by atoms with Crippen LogP contribution in [-0.2, 0) is 9.59 Å². The third kappa shape index (κ3) is 2.05. The summed E-state index contributed by atoms with van der Waals surface area (Å²) < 4.78 is 10.5. The number of ether oxygens (including phenoxy) is 2. The Morgan fingerprint density at radius 3 is 2.70 bits per heavy atom. The maximum atomic E-state index is 12.3. The van der Waals surface area contributed by atoms with Crippen molar-refractivity contribution in [2.24, 2.45) is 5.92 Å². The second kappa shape index (κ2) is 4.67. The lowest BCUT2D eigenvalue weighted by molar-refractivity contribution is -0.120. The van der Waals surface area contributed by atoms with E-state index < -0.39 is 0 Å². The molecule has 0 radical (unpaired) electrons. The van der Waals surface area contributed by atoms with Crippen LogP contribution in [0.4, 0.5) is 5.69 Å². The first-order valence-corrected chi connectivity index (χ1v) is 6.54. The third-order valence-corrected chi connectivity index (χ3v) is 3.22. The number of benzene rings is 1. The van der Waals surface area contributed by atoms with Crippen molar-refractivity contribution < 1.29 is 19.1 Å². The van der Waals surface area contributed by atoms with Crippen molar-refractivity contribution in [3.8, 4) is 11.5 Å². The minimum atomic E-state index is -0.248. The van der Waals surface area contributed by atoms with Crippen molar-refractivity contribution in [1.82, 2.24) is 0 Å². The Labute approximate surface area is 116 Å². The maximum Gasteiger partial charge on any atom is 0.261 e. The number of rotatable bonds is 2. The van der Waals surface area contributed by atoms with E-state index in [-0.39, 0.29) is 30.9 Å². The summed E-state index contributed by atoms with van der Waals surface area (Å²) in [5.41, 5.74) is 1.08. The molecule has 1 saturated heterocycles. The van der Waals surface area contributed by atoms with Crippen LogP contribution in [0.2, 0.25) is 0 Å². The SMILES string of the molecule is CC(C)C=C1CC(=O)N(c2ccc3c(c2)OCO3)C1=O. The van der Waals surface area contributed by atoms with Gasteiger partial charge in [-0.2, -0.15) is 0 Å². The lowest BCUT2D eigenvalue weighted by atomic mass is 10.1. The Balaban J connectivity index is 1.94. The monoisotopic (exact) mass is 273 g/mol. The van der Waals surface area contributed by atoms with E-state index in [0.717, 1.165) is 0 Å². The number of carbonyl (C=O) groups is 2. The second-order valence-corrected chi connectivity index (χ2v) is 5.18.